The molecule has 6 heteroatoms. The zero-order valence-electron chi connectivity index (χ0n) is 19.9. The van der Waals surface area contributed by atoms with Gasteiger partial charge in [-0.25, -0.2) is 0 Å². The molecule has 178 valence electrons. The van der Waals surface area contributed by atoms with Gasteiger partial charge in [0.25, 0.3) is 0 Å². The molecule has 29 heavy (non-hydrogen) atoms. The maximum absolute atomic E-state index is 10.4. The highest BCUT2D eigenvalue weighted by Crippen LogP contribution is 2.23. The van der Waals surface area contributed by atoms with Gasteiger partial charge in [-0.3, -0.25) is 0 Å². The lowest BCUT2D eigenvalue weighted by atomic mass is 9.89. The first-order chi connectivity index (χ1) is 13.3. The summed E-state index contributed by atoms with van der Waals surface area (Å²) in [4.78, 5) is 2.13. The fourth-order valence-electron chi connectivity index (χ4n) is 3.94. The molecule has 2 unspecified atom stereocenters. The van der Waals surface area contributed by atoms with E-state index in [1.54, 1.807) is 0 Å². The Balaban J connectivity index is 0. The average molecular weight is 454 g/mol. The quantitative estimate of drug-likeness (QED) is 0.147. The molecule has 0 heterocycles. The zero-order chi connectivity index (χ0) is 21.3. The molecule has 0 spiro atoms. The molecule has 0 rings (SSSR count). The van der Waals surface area contributed by atoms with Crippen LogP contribution in [-0.2, 0) is 0 Å². The number of nitrogens with zero attached hydrogens (tertiary/aromatic N) is 1. The second-order valence-electron chi connectivity index (χ2n) is 9.37. The smallest absolute Gasteiger partial charge is 0.137 e. The van der Waals surface area contributed by atoms with Crippen LogP contribution >= 0.6 is 12.4 Å². The largest absolute Gasteiger partial charge is 0.393 e. The number of unbranched alkanes of at least 4 members (excludes halogenated alkanes) is 12. The maximum atomic E-state index is 10.4. The van der Waals surface area contributed by atoms with E-state index in [0.717, 1.165) is 25.8 Å². The van der Waals surface area contributed by atoms with Gasteiger partial charge in [0.2, 0.25) is 0 Å². The van der Waals surface area contributed by atoms with E-state index in [0.29, 0.717) is 0 Å². The van der Waals surface area contributed by atoms with E-state index in [2.05, 4.69) is 11.8 Å². The first-order valence-electron chi connectivity index (χ1n) is 12.0. The molecule has 0 aliphatic carbocycles. The van der Waals surface area contributed by atoms with Crippen LogP contribution in [0.15, 0.2) is 0 Å². The van der Waals surface area contributed by atoms with Crippen LogP contribution in [0.4, 0.5) is 0 Å². The highest BCUT2D eigenvalue weighted by atomic mass is 35.5. The van der Waals surface area contributed by atoms with Crippen molar-refractivity contribution >= 4 is 22.6 Å². The summed E-state index contributed by atoms with van der Waals surface area (Å²) >= 11 is 0. The van der Waals surface area contributed by atoms with E-state index in [1.165, 1.54) is 77.0 Å². The summed E-state index contributed by atoms with van der Waals surface area (Å²) in [5.41, 5.74) is -1.65. The van der Waals surface area contributed by atoms with Gasteiger partial charge in [-0.15, -0.1) is 12.4 Å². The Hall–Kier alpha value is 0.347. The van der Waals surface area contributed by atoms with Crippen molar-refractivity contribution in [2.45, 2.75) is 121 Å². The maximum Gasteiger partial charge on any atom is 0.137 e. The molecular formula is C23H52ClNO3Si. The predicted octanol–water partition coefficient (Wildman–Crippen LogP) is 4.21. The van der Waals surface area contributed by atoms with Gasteiger partial charge in [0.05, 0.1) is 16.3 Å². The van der Waals surface area contributed by atoms with E-state index < -0.39 is 11.5 Å². The van der Waals surface area contributed by atoms with Crippen molar-refractivity contribution in [2.75, 3.05) is 20.6 Å². The number of hydrogen-bond acceptors (Lipinski definition) is 4. The Morgan fingerprint density at radius 3 is 1.55 bits per heavy atom. The molecular weight excluding hydrogens is 402 g/mol. The van der Waals surface area contributed by atoms with E-state index in [4.69, 9.17) is 0 Å². The highest BCUT2D eigenvalue weighted by Gasteiger charge is 2.26. The third-order valence-electron chi connectivity index (χ3n) is 5.77. The summed E-state index contributed by atoms with van der Waals surface area (Å²) in [6, 6.07) is 0. The molecule has 3 N–H and O–H groups in total. The Labute approximate surface area is 190 Å². The first-order valence-corrected chi connectivity index (χ1v) is 13.0. The van der Waals surface area contributed by atoms with Gasteiger partial charge >= 0.3 is 0 Å². The summed E-state index contributed by atoms with van der Waals surface area (Å²) < 4.78 is 0. The van der Waals surface area contributed by atoms with Crippen molar-refractivity contribution < 1.29 is 15.3 Å². The third-order valence-corrected chi connectivity index (χ3v) is 6.17. The summed E-state index contributed by atoms with van der Waals surface area (Å²) in [7, 11) is 4.36. The monoisotopic (exact) mass is 453 g/mol. The molecule has 0 bridgehead atoms. The van der Waals surface area contributed by atoms with Crippen LogP contribution in [0.5, 0.6) is 0 Å². The number of halogens is 1. The topological polar surface area (TPSA) is 63.9 Å². The summed E-state index contributed by atoms with van der Waals surface area (Å²) in [6.07, 6.45) is 18.9. The number of hydrogen-bond donors (Lipinski definition) is 3. The van der Waals surface area contributed by atoms with Gasteiger partial charge < -0.3 is 20.2 Å². The standard InChI is InChI=1S/C23H51NO3Si.ClH/c1-4-5-6-7-8-9-10-11-12-13-14-15-16-17-21(18-19-24(2)3)22(25)20-23(26,27)28;/h21-22,25-27H,4-20H2,1-3,28H3;1H. The molecule has 0 saturated carbocycles. The molecule has 0 fully saturated rings. The van der Waals surface area contributed by atoms with Gasteiger partial charge in [-0.1, -0.05) is 90.4 Å². The number of aliphatic hydroxyl groups excluding tert-OH is 1. The molecule has 0 aromatic heterocycles. The third kappa shape index (κ3) is 22.8. The second kappa shape index (κ2) is 20.3. The second-order valence-corrected chi connectivity index (χ2v) is 11.0. The Morgan fingerprint density at radius 1 is 0.759 bits per heavy atom. The van der Waals surface area contributed by atoms with Crippen molar-refractivity contribution in [2.24, 2.45) is 5.92 Å². The fourth-order valence-corrected chi connectivity index (χ4v) is 4.36. The molecule has 4 nitrogen and oxygen atoms in total. The van der Waals surface area contributed by atoms with Crippen LogP contribution in [0.2, 0.25) is 0 Å². The van der Waals surface area contributed by atoms with Crippen molar-refractivity contribution in [3.05, 3.63) is 0 Å². The predicted molar refractivity (Wildman–Crippen MR) is 132 cm³/mol. The van der Waals surface area contributed by atoms with Crippen LogP contribution in [0.25, 0.3) is 0 Å². The van der Waals surface area contributed by atoms with Crippen LogP contribution in [-0.4, -0.2) is 62.6 Å². The minimum absolute atomic E-state index is 0. The van der Waals surface area contributed by atoms with E-state index in [1.807, 2.05) is 14.1 Å². The normalized spacial score (nSPS) is 14.2. The minimum Gasteiger partial charge on any atom is -0.393 e. The van der Waals surface area contributed by atoms with Crippen molar-refractivity contribution in [1.29, 1.82) is 0 Å². The van der Waals surface area contributed by atoms with Crippen molar-refractivity contribution in [3.8, 4) is 0 Å². The lowest BCUT2D eigenvalue weighted by Gasteiger charge is -2.28. The Bertz CT molecular complexity index is 341. The fraction of sp³-hybridized carbons (Fsp3) is 1.00. The molecule has 2 atom stereocenters. The van der Waals surface area contributed by atoms with Crippen molar-refractivity contribution in [1.82, 2.24) is 4.90 Å². The Kier molecular flexibility index (Phi) is 22.0. The van der Waals surface area contributed by atoms with E-state index in [-0.39, 0.29) is 35.0 Å². The molecule has 0 radical (unpaired) electrons. The van der Waals surface area contributed by atoms with Gasteiger partial charge in [-0.2, -0.15) is 0 Å². The van der Waals surface area contributed by atoms with Gasteiger partial charge in [0.15, 0.2) is 0 Å². The molecule has 0 aliphatic rings. The zero-order valence-corrected chi connectivity index (χ0v) is 22.7. The molecule has 0 amide bonds. The molecule has 0 aliphatic heterocycles. The Morgan fingerprint density at radius 2 is 1.17 bits per heavy atom. The van der Waals surface area contributed by atoms with Gasteiger partial charge in [0, 0.05) is 6.42 Å². The minimum atomic E-state index is -1.65. The summed E-state index contributed by atoms with van der Waals surface area (Å²) in [5, 5.41) is 29.7. The molecule has 0 saturated heterocycles. The van der Waals surface area contributed by atoms with Crippen LogP contribution in [0, 0.1) is 5.92 Å². The summed E-state index contributed by atoms with van der Waals surface area (Å²) in [5.74, 6) is 0.169. The van der Waals surface area contributed by atoms with Crippen LogP contribution in [0.3, 0.4) is 0 Å². The van der Waals surface area contributed by atoms with Crippen molar-refractivity contribution in [3.63, 3.8) is 0 Å². The number of aliphatic hydroxyl groups is 3. The lowest BCUT2D eigenvalue weighted by molar-refractivity contribution is -0.119. The molecule has 0 aromatic carbocycles. The van der Waals surface area contributed by atoms with Gasteiger partial charge in [-0.05, 0) is 39.4 Å². The number of rotatable bonds is 20. The summed E-state index contributed by atoms with van der Waals surface area (Å²) in [6.45, 7) is 3.21. The highest BCUT2D eigenvalue weighted by molar-refractivity contribution is 6.12. The lowest BCUT2D eigenvalue weighted by Crippen LogP contribution is -2.37. The van der Waals surface area contributed by atoms with Gasteiger partial charge in [0.1, 0.15) is 5.41 Å². The van der Waals surface area contributed by atoms with Crippen LogP contribution in [0.1, 0.15) is 110 Å². The van der Waals surface area contributed by atoms with E-state index in [9.17, 15) is 15.3 Å². The SMILES string of the molecule is CCCCCCCCCCCCCCCC(CCN(C)C)C(O)CC(O)(O)[SiH3].Cl. The molecule has 0 aromatic rings. The van der Waals surface area contributed by atoms with Crippen LogP contribution < -0.4 is 0 Å². The first kappa shape index (κ1) is 31.5. The average Bonchev–Trinajstić information content (AvgIpc) is 2.59. The van der Waals surface area contributed by atoms with E-state index >= 15 is 0 Å².